The van der Waals surface area contributed by atoms with Gasteiger partial charge in [-0.3, -0.25) is 4.52 Å². The summed E-state index contributed by atoms with van der Waals surface area (Å²) in [6.45, 7) is 5.93. The Morgan fingerprint density at radius 1 is 1.12 bits per heavy atom. The minimum atomic E-state index is -4.39. The fourth-order valence-corrected chi connectivity index (χ4v) is 2.04. The molecule has 2 atom stereocenters. The van der Waals surface area contributed by atoms with E-state index < -0.39 is 13.9 Å². The SMILES string of the molecule is CCCCCCC(C)OCC(C)OP(=O)(O)O. The number of hydrogen-bond acceptors (Lipinski definition) is 3. The summed E-state index contributed by atoms with van der Waals surface area (Å²) in [5.74, 6) is 0. The second-order valence-corrected chi connectivity index (χ2v) is 5.59. The summed E-state index contributed by atoms with van der Waals surface area (Å²) in [6, 6.07) is 0. The van der Waals surface area contributed by atoms with Gasteiger partial charge in [0.2, 0.25) is 0 Å². The van der Waals surface area contributed by atoms with E-state index >= 15 is 0 Å². The molecular formula is C11H25O5P. The molecule has 0 radical (unpaired) electrons. The second-order valence-electron chi connectivity index (χ2n) is 4.40. The van der Waals surface area contributed by atoms with Gasteiger partial charge in [0.25, 0.3) is 0 Å². The van der Waals surface area contributed by atoms with Gasteiger partial charge in [0.05, 0.1) is 18.8 Å². The average molecular weight is 268 g/mol. The van der Waals surface area contributed by atoms with E-state index in [0.717, 1.165) is 12.8 Å². The van der Waals surface area contributed by atoms with Crippen LogP contribution in [0.2, 0.25) is 0 Å². The topological polar surface area (TPSA) is 76.0 Å². The molecule has 0 rings (SSSR count). The van der Waals surface area contributed by atoms with Gasteiger partial charge in [0, 0.05) is 0 Å². The third-order valence-corrected chi connectivity index (χ3v) is 3.03. The maximum Gasteiger partial charge on any atom is 0.469 e. The van der Waals surface area contributed by atoms with Crippen LogP contribution in [-0.2, 0) is 13.8 Å². The van der Waals surface area contributed by atoms with E-state index in [1.807, 2.05) is 6.92 Å². The van der Waals surface area contributed by atoms with Gasteiger partial charge in [-0.2, -0.15) is 0 Å². The molecule has 0 spiro atoms. The Morgan fingerprint density at radius 3 is 2.29 bits per heavy atom. The predicted molar refractivity (Wildman–Crippen MR) is 66.8 cm³/mol. The Balaban J connectivity index is 3.55. The van der Waals surface area contributed by atoms with Gasteiger partial charge in [-0.25, -0.2) is 4.57 Å². The first-order valence-electron chi connectivity index (χ1n) is 6.20. The Kier molecular flexibility index (Phi) is 9.10. The largest absolute Gasteiger partial charge is 0.469 e. The molecule has 0 saturated heterocycles. The monoisotopic (exact) mass is 268 g/mol. The van der Waals surface area contributed by atoms with Crippen LogP contribution in [0.15, 0.2) is 0 Å². The van der Waals surface area contributed by atoms with Crippen LogP contribution in [0, 0.1) is 0 Å². The van der Waals surface area contributed by atoms with Crippen LogP contribution in [-0.4, -0.2) is 28.6 Å². The van der Waals surface area contributed by atoms with Gasteiger partial charge in [0.15, 0.2) is 0 Å². The third kappa shape index (κ3) is 12.3. The zero-order chi connectivity index (χ0) is 13.3. The molecule has 0 aromatic carbocycles. The normalized spacial score (nSPS) is 15.8. The lowest BCUT2D eigenvalue weighted by Crippen LogP contribution is -2.19. The smallest absolute Gasteiger partial charge is 0.376 e. The molecule has 5 nitrogen and oxygen atoms in total. The van der Waals surface area contributed by atoms with E-state index in [-0.39, 0.29) is 12.7 Å². The molecule has 2 N–H and O–H groups in total. The standard InChI is InChI=1S/C11H25O5P/c1-4-5-6-7-8-10(2)15-9-11(3)16-17(12,13)14/h10-11H,4-9H2,1-3H3,(H2,12,13,14). The fraction of sp³-hybridized carbons (Fsp3) is 1.00. The van der Waals surface area contributed by atoms with E-state index in [0.29, 0.717) is 0 Å². The van der Waals surface area contributed by atoms with Crippen molar-refractivity contribution < 1.29 is 23.6 Å². The van der Waals surface area contributed by atoms with E-state index in [4.69, 9.17) is 14.5 Å². The van der Waals surface area contributed by atoms with Crippen molar-refractivity contribution >= 4 is 7.82 Å². The molecule has 0 aromatic heterocycles. The first kappa shape index (κ1) is 17.1. The molecule has 0 amide bonds. The van der Waals surface area contributed by atoms with Gasteiger partial charge in [0.1, 0.15) is 0 Å². The van der Waals surface area contributed by atoms with E-state index in [1.165, 1.54) is 19.3 Å². The van der Waals surface area contributed by atoms with Crippen LogP contribution in [0.1, 0.15) is 52.9 Å². The average Bonchev–Trinajstić information content (AvgIpc) is 2.19. The Labute approximate surface area is 104 Å². The lowest BCUT2D eigenvalue weighted by atomic mass is 10.1. The molecule has 0 fully saturated rings. The van der Waals surface area contributed by atoms with Crippen LogP contribution in [0.3, 0.4) is 0 Å². The molecule has 104 valence electrons. The summed E-state index contributed by atoms with van der Waals surface area (Å²) in [5.41, 5.74) is 0. The lowest BCUT2D eigenvalue weighted by Gasteiger charge is -2.17. The second kappa shape index (κ2) is 9.06. The fourth-order valence-electron chi connectivity index (χ4n) is 1.51. The highest BCUT2D eigenvalue weighted by molar-refractivity contribution is 7.46. The molecule has 0 heterocycles. The molecular weight excluding hydrogens is 243 g/mol. The van der Waals surface area contributed by atoms with Gasteiger partial charge >= 0.3 is 7.82 Å². The van der Waals surface area contributed by atoms with Gasteiger partial charge < -0.3 is 14.5 Å². The number of hydrogen-bond donors (Lipinski definition) is 2. The van der Waals surface area contributed by atoms with Crippen LogP contribution >= 0.6 is 7.82 Å². The maximum atomic E-state index is 10.5. The molecule has 6 heteroatoms. The zero-order valence-corrected chi connectivity index (χ0v) is 11.9. The molecule has 0 aliphatic carbocycles. The highest BCUT2D eigenvalue weighted by Gasteiger charge is 2.19. The van der Waals surface area contributed by atoms with Crippen LogP contribution in [0.25, 0.3) is 0 Å². The maximum absolute atomic E-state index is 10.5. The van der Waals surface area contributed by atoms with Gasteiger partial charge in [-0.15, -0.1) is 0 Å². The Hall–Kier alpha value is 0.0700. The number of ether oxygens (including phenoxy) is 1. The van der Waals surface area contributed by atoms with Gasteiger partial charge in [-0.1, -0.05) is 32.6 Å². The van der Waals surface area contributed by atoms with E-state index in [9.17, 15) is 4.57 Å². The van der Waals surface area contributed by atoms with Crippen LogP contribution < -0.4 is 0 Å². The van der Waals surface area contributed by atoms with Crippen LogP contribution in [0.5, 0.6) is 0 Å². The molecule has 0 aliphatic rings. The number of phosphoric ester groups is 1. The minimum absolute atomic E-state index is 0.106. The van der Waals surface area contributed by atoms with Crippen molar-refractivity contribution in [3.05, 3.63) is 0 Å². The molecule has 0 saturated carbocycles. The third-order valence-electron chi connectivity index (χ3n) is 2.40. The first-order chi connectivity index (χ1) is 7.85. The zero-order valence-electron chi connectivity index (χ0n) is 11.0. The quantitative estimate of drug-likeness (QED) is 0.470. The summed E-state index contributed by atoms with van der Waals surface area (Å²) >= 11 is 0. The molecule has 0 aliphatic heterocycles. The highest BCUT2D eigenvalue weighted by Crippen LogP contribution is 2.37. The van der Waals surface area contributed by atoms with Crippen molar-refractivity contribution in [1.29, 1.82) is 0 Å². The number of rotatable bonds is 10. The Bertz CT molecular complexity index is 228. The summed E-state index contributed by atoms with van der Waals surface area (Å²) in [5, 5.41) is 0. The lowest BCUT2D eigenvalue weighted by molar-refractivity contribution is 0.000692. The first-order valence-corrected chi connectivity index (χ1v) is 7.73. The summed E-state index contributed by atoms with van der Waals surface area (Å²) < 4.78 is 20.5. The van der Waals surface area contributed by atoms with Crippen molar-refractivity contribution in [2.75, 3.05) is 6.61 Å². The summed E-state index contributed by atoms with van der Waals surface area (Å²) in [4.78, 5) is 17.2. The van der Waals surface area contributed by atoms with E-state index in [2.05, 4.69) is 11.4 Å². The highest BCUT2D eigenvalue weighted by atomic mass is 31.2. The number of phosphoric acid groups is 1. The molecule has 0 bridgehead atoms. The van der Waals surface area contributed by atoms with Crippen molar-refractivity contribution in [2.24, 2.45) is 0 Å². The van der Waals surface area contributed by atoms with E-state index in [1.54, 1.807) is 6.92 Å². The Morgan fingerprint density at radius 2 is 1.76 bits per heavy atom. The van der Waals surface area contributed by atoms with Crippen molar-refractivity contribution in [3.63, 3.8) is 0 Å². The minimum Gasteiger partial charge on any atom is -0.376 e. The summed E-state index contributed by atoms with van der Waals surface area (Å²) in [7, 11) is -4.39. The molecule has 0 aromatic rings. The van der Waals surface area contributed by atoms with Crippen molar-refractivity contribution in [1.82, 2.24) is 0 Å². The predicted octanol–water partition coefficient (Wildman–Crippen LogP) is 2.86. The summed E-state index contributed by atoms with van der Waals surface area (Å²) in [6.07, 6.45) is 5.28. The van der Waals surface area contributed by atoms with Gasteiger partial charge in [-0.05, 0) is 20.3 Å². The molecule has 2 unspecified atom stereocenters. The number of unbranched alkanes of at least 4 members (excludes halogenated alkanes) is 3. The van der Waals surface area contributed by atoms with Crippen LogP contribution in [0.4, 0.5) is 0 Å². The van der Waals surface area contributed by atoms with Crippen molar-refractivity contribution in [2.45, 2.75) is 65.1 Å². The molecule has 17 heavy (non-hydrogen) atoms. The van der Waals surface area contributed by atoms with Crippen molar-refractivity contribution in [3.8, 4) is 0 Å².